The molecule has 1 aliphatic heterocycles. The van der Waals surface area contributed by atoms with Crippen LogP contribution in [0.3, 0.4) is 0 Å². The lowest BCUT2D eigenvalue weighted by molar-refractivity contribution is -0.137. The van der Waals surface area contributed by atoms with Crippen molar-refractivity contribution < 1.29 is 32.6 Å². The summed E-state index contributed by atoms with van der Waals surface area (Å²) in [6.45, 7) is 0. The summed E-state index contributed by atoms with van der Waals surface area (Å²) in [7, 11) is 1.47. The summed E-state index contributed by atoms with van der Waals surface area (Å²) in [5.41, 5.74) is -0.560. The molecule has 0 aromatic heterocycles. The molecule has 1 aliphatic rings. The highest BCUT2D eigenvalue weighted by molar-refractivity contribution is 6.51. The third kappa shape index (κ3) is 4.07. The van der Waals surface area contributed by atoms with Crippen molar-refractivity contribution in [3.8, 4) is 5.75 Å². The third-order valence-electron chi connectivity index (χ3n) is 5.37. The van der Waals surface area contributed by atoms with Gasteiger partial charge in [-0.1, -0.05) is 48.5 Å². The van der Waals surface area contributed by atoms with Crippen molar-refractivity contribution in [2.45, 2.75) is 12.2 Å². The Balaban J connectivity index is 1.94. The molecule has 4 rings (SSSR count). The van der Waals surface area contributed by atoms with Crippen molar-refractivity contribution in [1.82, 2.24) is 0 Å². The minimum Gasteiger partial charge on any atom is -0.507 e. The summed E-state index contributed by atoms with van der Waals surface area (Å²) >= 11 is 0. The Kier molecular flexibility index (Phi) is 5.68. The van der Waals surface area contributed by atoms with Gasteiger partial charge in [0.05, 0.1) is 24.3 Å². The zero-order valence-corrected chi connectivity index (χ0v) is 17.3. The fraction of sp³-hybridized carbons (Fsp3) is 0.120. The van der Waals surface area contributed by atoms with Crippen molar-refractivity contribution in [1.29, 1.82) is 0 Å². The van der Waals surface area contributed by atoms with Crippen LogP contribution in [0.4, 0.5) is 18.9 Å². The Morgan fingerprint density at radius 3 is 2.21 bits per heavy atom. The van der Waals surface area contributed by atoms with E-state index in [0.29, 0.717) is 16.9 Å². The van der Waals surface area contributed by atoms with Gasteiger partial charge in [-0.25, -0.2) is 0 Å². The van der Waals surface area contributed by atoms with E-state index >= 15 is 0 Å². The number of hydrogen-bond acceptors (Lipinski definition) is 4. The maximum Gasteiger partial charge on any atom is 0.416 e. The SMILES string of the molecule is COc1ccc([C@@H]2/C(=C(\O)c3ccccc3)C(=O)C(=O)N2c2cccc(C(F)(F)F)c2)cc1. The normalized spacial score (nSPS) is 17.9. The second-order valence-electron chi connectivity index (χ2n) is 7.36. The van der Waals surface area contributed by atoms with Gasteiger partial charge in [-0.15, -0.1) is 0 Å². The van der Waals surface area contributed by atoms with E-state index in [-0.39, 0.29) is 11.3 Å². The number of halogens is 3. The van der Waals surface area contributed by atoms with Crippen LogP contribution in [0.25, 0.3) is 5.76 Å². The number of amides is 1. The highest BCUT2D eigenvalue weighted by Crippen LogP contribution is 2.43. The average molecular weight is 453 g/mol. The molecule has 33 heavy (non-hydrogen) atoms. The molecular formula is C25H18F3NO4. The van der Waals surface area contributed by atoms with E-state index in [0.717, 1.165) is 17.0 Å². The van der Waals surface area contributed by atoms with Gasteiger partial charge < -0.3 is 9.84 Å². The second-order valence-corrected chi connectivity index (χ2v) is 7.36. The molecule has 5 nitrogen and oxygen atoms in total. The Morgan fingerprint density at radius 1 is 0.939 bits per heavy atom. The van der Waals surface area contributed by atoms with Gasteiger partial charge in [0.25, 0.3) is 11.7 Å². The molecule has 1 N–H and O–H groups in total. The van der Waals surface area contributed by atoms with Crippen molar-refractivity contribution in [2.75, 3.05) is 12.0 Å². The van der Waals surface area contributed by atoms with Gasteiger partial charge in [0.1, 0.15) is 11.5 Å². The number of methoxy groups -OCH3 is 1. The lowest BCUT2D eigenvalue weighted by Gasteiger charge is -2.26. The molecule has 0 aliphatic carbocycles. The maximum atomic E-state index is 13.3. The van der Waals surface area contributed by atoms with Crippen molar-refractivity contribution >= 4 is 23.1 Å². The van der Waals surface area contributed by atoms with Gasteiger partial charge >= 0.3 is 6.18 Å². The lowest BCUT2D eigenvalue weighted by atomic mass is 9.95. The fourth-order valence-corrected chi connectivity index (χ4v) is 3.78. The highest BCUT2D eigenvalue weighted by atomic mass is 19.4. The molecule has 3 aromatic carbocycles. The van der Waals surface area contributed by atoms with Gasteiger partial charge in [0.2, 0.25) is 0 Å². The minimum atomic E-state index is -4.64. The maximum absolute atomic E-state index is 13.3. The summed E-state index contributed by atoms with van der Waals surface area (Å²) in [5, 5.41) is 11.0. The van der Waals surface area contributed by atoms with E-state index < -0.39 is 35.2 Å². The summed E-state index contributed by atoms with van der Waals surface area (Å²) < 4.78 is 45.1. The molecule has 168 valence electrons. The molecule has 1 atom stereocenters. The van der Waals surface area contributed by atoms with Crippen molar-refractivity contribution in [2.24, 2.45) is 0 Å². The Hall–Kier alpha value is -4.07. The fourth-order valence-electron chi connectivity index (χ4n) is 3.78. The zero-order valence-electron chi connectivity index (χ0n) is 17.3. The highest BCUT2D eigenvalue weighted by Gasteiger charge is 2.47. The van der Waals surface area contributed by atoms with Crippen LogP contribution in [0.2, 0.25) is 0 Å². The summed E-state index contributed by atoms with van der Waals surface area (Å²) in [6, 6.07) is 17.6. The van der Waals surface area contributed by atoms with Crippen LogP contribution in [0.15, 0.2) is 84.4 Å². The Labute approximate surface area is 187 Å². The molecule has 0 radical (unpaired) electrons. The summed E-state index contributed by atoms with van der Waals surface area (Å²) in [5.74, 6) is -1.93. The molecular weight excluding hydrogens is 435 g/mol. The molecule has 1 amide bonds. The van der Waals surface area contributed by atoms with Gasteiger partial charge in [-0.2, -0.15) is 13.2 Å². The number of benzene rings is 3. The summed E-state index contributed by atoms with van der Waals surface area (Å²) in [6.07, 6.45) is -4.64. The molecule has 8 heteroatoms. The number of ether oxygens (including phenoxy) is 1. The molecule has 1 heterocycles. The topological polar surface area (TPSA) is 66.8 Å². The van der Waals surface area contributed by atoms with Crippen molar-refractivity contribution in [3.63, 3.8) is 0 Å². The van der Waals surface area contributed by atoms with E-state index in [1.807, 2.05) is 0 Å². The Morgan fingerprint density at radius 2 is 1.61 bits per heavy atom. The molecule has 0 bridgehead atoms. The number of ketones is 1. The summed E-state index contributed by atoms with van der Waals surface area (Å²) in [4.78, 5) is 27.1. The molecule has 3 aromatic rings. The first-order chi connectivity index (χ1) is 15.7. The van der Waals surface area contributed by atoms with Gasteiger partial charge in [-0.3, -0.25) is 14.5 Å². The van der Waals surface area contributed by atoms with Gasteiger partial charge in [0.15, 0.2) is 0 Å². The van der Waals surface area contributed by atoms with E-state index in [4.69, 9.17) is 4.74 Å². The van der Waals surface area contributed by atoms with Crippen LogP contribution < -0.4 is 9.64 Å². The number of anilines is 1. The van der Waals surface area contributed by atoms with Crippen LogP contribution in [0.5, 0.6) is 5.75 Å². The van der Waals surface area contributed by atoms with E-state index in [1.54, 1.807) is 54.6 Å². The zero-order chi connectivity index (χ0) is 23.8. The van der Waals surface area contributed by atoms with Crippen molar-refractivity contribution in [3.05, 3.63) is 101 Å². The van der Waals surface area contributed by atoms with Gasteiger partial charge in [0, 0.05) is 11.3 Å². The monoisotopic (exact) mass is 453 g/mol. The lowest BCUT2D eigenvalue weighted by Crippen LogP contribution is -2.29. The number of nitrogens with zero attached hydrogens (tertiary/aromatic N) is 1. The number of carbonyl (C=O) groups excluding carboxylic acids is 2. The molecule has 0 unspecified atom stereocenters. The van der Waals surface area contributed by atoms with E-state index in [2.05, 4.69) is 0 Å². The molecule has 1 fully saturated rings. The average Bonchev–Trinajstić information content (AvgIpc) is 3.09. The smallest absolute Gasteiger partial charge is 0.416 e. The number of rotatable bonds is 4. The van der Waals surface area contributed by atoms with Crippen LogP contribution in [-0.4, -0.2) is 23.9 Å². The predicted octanol–water partition coefficient (Wildman–Crippen LogP) is 5.34. The number of carbonyl (C=O) groups is 2. The van der Waals surface area contributed by atoms with Gasteiger partial charge in [-0.05, 0) is 35.9 Å². The molecule has 1 saturated heterocycles. The number of aliphatic hydroxyl groups is 1. The van der Waals surface area contributed by atoms with E-state index in [9.17, 15) is 27.9 Å². The minimum absolute atomic E-state index is 0.111. The standard InChI is InChI=1S/C25H18F3NO4/c1-33-19-12-10-15(11-13-19)21-20(22(30)16-6-3-2-4-7-16)23(31)24(32)29(21)18-9-5-8-17(14-18)25(26,27)28/h2-14,21,30H,1H3/b22-20+/t21-/m1/s1. The second kappa shape index (κ2) is 8.46. The quantitative estimate of drug-likeness (QED) is 0.329. The van der Waals surface area contributed by atoms with Crippen LogP contribution >= 0.6 is 0 Å². The largest absolute Gasteiger partial charge is 0.507 e. The number of aliphatic hydroxyl groups excluding tert-OH is 1. The van der Waals surface area contributed by atoms with Crippen LogP contribution in [0.1, 0.15) is 22.7 Å². The predicted molar refractivity (Wildman–Crippen MR) is 116 cm³/mol. The number of Topliss-reactive ketones (excluding diaryl/α,β-unsaturated/α-hetero) is 1. The molecule has 0 saturated carbocycles. The Bertz CT molecular complexity index is 1230. The van der Waals surface area contributed by atoms with Crippen LogP contribution in [-0.2, 0) is 15.8 Å². The first-order valence-electron chi connectivity index (χ1n) is 9.90. The van der Waals surface area contributed by atoms with Crippen LogP contribution in [0, 0.1) is 0 Å². The van der Waals surface area contributed by atoms with E-state index in [1.165, 1.54) is 19.2 Å². The third-order valence-corrected chi connectivity index (χ3v) is 5.37. The first kappa shape index (κ1) is 22.1. The number of alkyl halides is 3. The number of hydrogen-bond donors (Lipinski definition) is 1. The molecule has 0 spiro atoms. The first-order valence-corrected chi connectivity index (χ1v) is 9.90.